The smallest absolute Gasteiger partial charge is 0.251 e. The molecule has 1 atom stereocenters. The number of aliphatic hydroxyl groups is 1. The van der Waals surface area contributed by atoms with Crippen LogP contribution in [0.2, 0.25) is 0 Å². The molecule has 0 bridgehead atoms. The molecule has 6 heteroatoms. The third-order valence-electron chi connectivity index (χ3n) is 2.56. The maximum absolute atomic E-state index is 13.7. The number of carbonyl (C=O) groups excluding carboxylic acids is 1. The fourth-order valence-electron chi connectivity index (χ4n) is 1.72. The number of aromatic nitrogens is 2. The van der Waals surface area contributed by atoms with Crippen molar-refractivity contribution in [3.63, 3.8) is 0 Å². The Morgan fingerprint density at radius 3 is 2.83 bits per heavy atom. The fraction of sp³-hybridized carbons (Fsp3) is 0.167. The van der Waals surface area contributed by atoms with Crippen LogP contribution in [0.3, 0.4) is 0 Å². The van der Waals surface area contributed by atoms with E-state index in [9.17, 15) is 14.3 Å². The average molecular weight is 249 g/mol. The maximum atomic E-state index is 13.7. The molecular formula is C12H12FN3O2. The Hall–Kier alpha value is -2.21. The first-order valence-corrected chi connectivity index (χ1v) is 5.32. The van der Waals surface area contributed by atoms with Crippen LogP contribution in [-0.4, -0.2) is 20.8 Å². The highest BCUT2D eigenvalue weighted by Gasteiger charge is 2.16. The molecule has 0 saturated heterocycles. The summed E-state index contributed by atoms with van der Waals surface area (Å²) in [5.41, 5.74) is 5.83. The molecule has 0 aliphatic heterocycles. The van der Waals surface area contributed by atoms with E-state index in [0.29, 0.717) is 5.69 Å². The maximum Gasteiger partial charge on any atom is 0.251 e. The monoisotopic (exact) mass is 249 g/mol. The summed E-state index contributed by atoms with van der Waals surface area (Å²) in [4.78, 5) is 11.0. The summed E-state index contributed by atoms with van der Waals surface area (Å²) in [5, 5.41) is 13.5. The van der Waals surface area contributed by atoms with Crippen LogP contribution in [0.15, 0.2) is 30.6 Å². The minimum Gasteiger partial charge on any atom is -0.389 e. The lowest BCUT2D eigenvalue weighted by molar-refractivity contribution is 0.100. The Kier molecular flexibility index (Phi) is 3.12. The predicted octanol–water partition coefficient (Wildman–Crippen LogP) is 1.16. The minimum atomic E-state index is -0.984. The molecule has 0 fully saturated rings. The summed E-state index contributed by atoms with van der Waals surface area (Å²) in [5.74, 6) is -1.14. The summed E-state index contributed by atoms with van der Waals surface area (Å²) >= 11 is 0. The first-order chi connectivity index (χ1) is 8.50. The van der Waals surface area contributed by atoms with E-state index in [1.165, 1.54) is 36.1 Å². The van der Waals surface area contributed by atoms with Crippen molar-refractivity contribution in [2.45, 2.75) is 13.0 Å². The van der Waals surface area contributed by atoms with Gasteiger partial charge in [-0.1, -0.05) is 6.07 Å². The first-order valence-electron chi connectivity index (χ1n) is 5.32. The topological polar surface area (TPSA) is 81.1 Å². The van der Waals surface area contributed by atoms with Crippen LogP contribution in [0.25, 0.3) is 5.69 Å². The van der Waals surface area contributed by atoms with Gasteiger partial charge in [0, 0.05) is 11.8 Å². The van der Waals surface area contributed by atoms with Crippen LogP contribution in [0, 0.1) is 5.82 Å². The molecule has 0 spiro atoms. The van der Waals surface area contributed by atoms with Gasteiger partial charge in [-0.05, 0) is 19.1 Å². The van der Waals surface area contributed by atoms with E-state index in [1.807, 2.05) is 0 Å². The fourth-order valence-corrected chi connectivity index (χ4v) is 1.72. The second kappa shape index (κ2) is 4.58. The van der Waals surface area contributed by atoms with Crippen LogP contribution in [0.4, 0.5) is 4.39 Å². The van der Waals surface area contributed by atoms with Crippen LogP contribution in [-0.2, 0) is 0 Å². The standard InChI is InChI=1S/C12H12FN3O2/c1-7(17)11-9(13)3-2-4-10(11)16-6-8(5-15-16)12(14)18/h2-7,17H,1H3,(H2,14,18)/t7-/m0/s1. The zero-order valence-corrected chi connectivity index (χ0v) is 9.67. The van der Waals surface area contributed by atoms with Gasteiger partial charge in [-0.25, -0.2) is 9.07 Å². The molecule has 2 aromatic rings. The number of benzene rings is 1. The Bertz CT molecular complexity index is 593. The molecule has 2 rings (SSSR count). The Balaban J connectivity index is 2.56. The number of hydrogen-bond donors (Lipinski definition) is 2. The number of aliphatic hydroxyl groups excluding tert-OH is 1. The number of carbonyl (C=O) groups is 1. The molecule has 0 radical (unpaired) electrons. The van der Waals surface area contributed by atoms with Gasteiger partial charge in [0.25, 0.3) is 5.91 Å². The van der Waals surface area contributed by atoms with Gasteiger partial charge >= 0.3 is 0 Å². The number of halogens is 1. The number of rotatable bonds is 3. The second-order valence-electron chi connectivity index (χ2n) is 3.89. The lowest BCUT2D eigenvalue weighted by atomic mass is 10.1. The van der Waals surface area contributed by atoms with Crippen LogP contribution in [0.5, 0.6) is 0 Å². The molecule has 18 heavy (non-hydrogen) atoms. The van der Waals surface area contributed by atoms with Crippen molar-refractivity contribution in [2.75, 3.05) is 0 Å². The van der Waals surface area contributed by atoms with E-state index in [-0.39, 0.29) is 11.1 Å². The number of hydrogen-bond acceptors (Lipinski definition) is 3. The molecule has 1 aromatic carbocycles. The van der Waals surface area contributed by atoms with Crippen LogP contribution < -0.4 is 5.73 Å². The summed E-state index contributed by atoms with van der Waals surface area (Å²) in [7, 11) is 0. The van der Waals surface area contributed by atoms with Gasteiger partial charge < -0.3 is 10.8 Å². The highest BCUT2D eigenvalue weighted by molar-refractivity contribution is 5.92. The van der Waals surface area contributed by atoms with Crippen LogP contribution in [0.1, 0.15) is 28.9 Å². The number of nitrogens with two attached hydrogens (primary N) is 1. The van der Waals surface area contributed by atoms with E-state index in [4.69, 9.17) is 5.73 Å². The molecule has 0 aliphatic carbocycles. The third-order valence-corrected chi connectivity index (χ3v) is 2.56. The van der Waals surface area contributed by atoms with E-state index in [1.54, 1.807) is 6.07 Å². The lowest BCUT2D eigenvalue weighted by Crippen LogP contribution is -2.10. The number of amides is 1. The van der Waals surface area contributed by atoms with Gasteiger partial charge in [0.15, 0.2) is 0 Å². The second-order valence-corrected chi connectivity index (χ2v) is 3.89. The van der Waals surface area contributed by atoms with Gasteiger partial charge in [0.1, 0.15) is 5.82 Å². The van der Waals surface area contributed by atoms with Crippen molar-refractivity contribution in [3.8, 4) is 5.69 Å². The van der Waals surface area contributed by atoms with Gasteiger partial charge in [-0.2, -0.15) is 5.10 Å². The Morgan fingerprint density at radius 1 is 1.56 bits per heavy atom. The van der Waals surface area contributed by atoms with Crippen molar-refractivity contribution in [3.05, 3.63) is 47.5 Å². The predicted molar refractivity (Wildman–Crippen MR) is 62.7 cm³/mol. The van der Waals surface area contributed by atoms with Crippen molar-refractivity contribution >= 4 is 5.91 Å². The molecular weight excluding hydrogens is 237 g/mol. The normalized spacial score (nSPS) is 12.4. The molecule has 0 aliphatic rings. The molecule has 3 N–H and O–H groups in total. The lowest BCUT2D eigenvalue weighted by Gasteiger charge is -2.12. The Morgan fingerprint density at radius 2 is 2.28 bits per heavy atom. The molecule has 0 saturated carbocycles. The van der Waals surface area contributed by atoms with Crippen molar-refractivity contribution in [2.24, 2.45) is 5.73 Å². The summed E-state index contributed by atoms with van der Waals surface area (Å²) in [6.45, 7) is 1.46. The van der Waals surface area contributed by atoms with Crippen molar-refractivity contribution in [1.82, 2.24) is 9.78 Å². The highest BCUT2D eigenvalue weighted by atomic mass is 19.1. The molecule has 5 nitrogen and oxygen atoms in total. The SMILES string of the molecule is C[C@H](O)c1c(F)cccc1-n1cc(C(N)=O)cn1. The quantitative estimate of drug-likeness (QED) is 0.856. The summed E-state index contributed by atoms with van der Waals surface area (Å²) < 4.78 is 15.0. The van der Waals surface area contributed by atoms with E-state index < -0.39 is 17.8 Å². The summed E-state index contributed by atoms with van der Waals surface area (Å²) in [6.07, 6.45) is 1.70. The zero-order chi connectivity index (χ0) is 13.3. The first kappa shape index (κ1) is 12.3. The van der Waals surface area contributed by atoms with Gasteiger partial charge in [0.2, 0.25) is 0 Å². The van der Waals surface area contributed by atoms with E-state index >= 15 is 0 Å². The largest absolute Gasteiger partial charge is 0.389 e. The summed E-state index contributed by atoms with van der Waals surface area (Å²) in [6, 6.07) is 4.36. The number of primary amides is 1. The molecule has 0 unspecified atom stereocenters. The zero-order valence-electron chi connectivity index (χ0n) is 9.67. The molecule has 1 aromatic heterocycles. The van der Waals surface area contributed by atoms with Crippen LogP contribution >= 0.6 is 0 Å². The molecule has 1 heterocycles. The van der Waals surface area contributed by atoms with Crippen molar-refractivity contribution in [1.29, 1.82) is 0 Å². The minimum absolute atomic E-state index is 0.122. The third kappa shape index (κ3) is 2.10. The van der Waals surface area contributed by atoms with E-state index in [2.05, 4.69) is 5.10 Å². The average Bonchev–Trinajstić information content (AvgIpc) is 2.77. The van der Waals surface area contributed by atoms with Gasteiger partial charge in [0.05, 0.1) is 23.6 Å². The van der Waals surface area contributed by atoms with Gasteiger partial charge in [-0.3, -0.25) is 4.79 Å². The molecule has 94 valence electrons. The highest BCUT2D eigenvalue weighted by Crippen LogP contribution is 2.24. The van der Waals surface area contributed by atoms with Gasteiger partial charge in [-0.15, -0.1) is 0 Å². The Labute approximate surface area is 103 Å². The molecule has 1 amide bonds. The van der Waals surface area contributed by atoms with Crippen molar-refractivity contribution < 1.29 is 14.3 Å². The van der Waals surface area contributed by atoms with E-state index in [0.717, 1.165) is 0 Å². The number of nitrogens with zero attached hydrogens (tertiary/aromatic N) is 2.